The van der Waals surface area contributed by atoms with Crippen LogP contribution in [0.1, 0.15) is 5.56 Å². The van der Waals surface area contributed by atoms with E-state index in [1.165, 1.54) is 6.07 Å². The summed E-state index contributed by atoms with van der Waals surface area (Å²) >= 11 is 0. The van der Waals surface area contributed by atoms with Crippen molar-refractivity contribution in [2.45, 2.75) is 13.1 Å². The third-order valence-electron chi connectivity index (χ3n) is 1.61. The number of hydrogen-bond donors (Lipinski definition) is 0. The van der Waals surface area contributed by atoms with Gasteiger partial charge in [-0.25, -0.2) is 0 Å². The zero-order valence-electron chi connectivity index (χ0n) is 6.86. The molecule has 1 aromatic carbocycles. The highest BCUT2D eigenvalue weighted by Crippen LogP contribution is 2.17. The quantitative estimate of drug-likeness (QED) is 0.386. The Morgan fingerprint density at radius 2 is 2.17 bits per heavy atom. The molecule has 0 atom stereocenters. The molecular weight excluding hydrogens is 153 g/mol. The molecule has 0 aliphatic carbocycles. The summed E-state index contributed by atoms with van der Waals surface area (Å²) in [6.45, 7) is 1.89. The number of nitrogens with zero attached hydrogens (tertiary/aromatic N) is 1. The number of benzene rings is 1. The molecule has 0 N–H and O–H groups in total. The van der Waals surface area contributed by atoms with Gasteiger partial charge in [0, 0.05) is 11.6 Å². The predicted molar refractivity (Wildman–Crippen MR) is 48.4 cm³/mol. The molecule has 4 heteroatoms. The molecule has 0 spiro atoms. The molecule has 0 saturated carbocycles. The van der Waals surface area contributed by atoms with E-state index < -0.39 is 0 Å². The number of nitro groups is 1. The molecule has 0 aliphatic heterocycles. The lowest BCUT2D eigenvalue weighted by Crippen LogP contribution is -1.97. The van der Waals surface area contributed by atoms with Crippen molar-refractivity contribution in [1.29, 1.82) is 0 Å². The van der Waals surface area contributed by atoms with Crippen LogP contribution in [-0.4, -0.2) is 12.2 Å². The lowest BCUT2D eigenvalue weighted by Gasteiger charge is -1.98. The van der Waals surface area contributed by atoms with Gasteiger partial charge in [0.2, 0.25) is 0 Å². The van der Waals surface area contributed by atoms with Crippen LogP contribution in [0.25, 0.3) is 0 Å². The molecule has 0 heterocycles. The van der Waals surface area contributed by atoms with Gasteiger partial charge in [-0.3, -0.25) is 10.1 Å². The molecule has 3 nitrogen and oxygen atoms in total. The minimum absolute atomic E-state index is 0.204. The highest BCUT2D eigenvalue weighted by atomic mass is 16.6. The fourth-order valence-corrected chi connectivity index (χ4v) is 1.08. The van der Waals surface area contributed by atoms with Crippen LogP contribution in [0.15, 0.2) is 24.3 Å². The molecule has 0 unspecified atom stereocenters. The molecule has 61 valence electrons. The summed E-state index contributed by atoms with van der Waals surface area (Å²) < 4.78 is 0. The third kappa shape index (κ3) is 1.84. The summed E-state index contributed by atoms with van der Waals surface area (Å²) in [7, 11) is 1.91. The zero-order chi connectivity index (χ0) is 8.97. The van der Waals surface area contributed by atoms with E-state index in [4.69, 9.17) is 0 Å². The van der Waals surface area contributed by atoms with Gasteiger partial charge in [-0.1, -0.05) is 25.0 Å². The van der Waals surface area contributed by atoms with Gasteiger partial charge >= 0.3 is 0 Å². The van der Waals surface area contributed by atoms with Gasteiger partial charge in [0.25, 0.3) is 5.69 Å². The summed E-state index contributed by atoms with van der Waals surface area (Å²) in [6.07, 6.45) is 0.650. The summed E-state index contributed by atoms with van der Waals surface area (Å²) in [5, 5.41) is 10.5. The fraction of sp³-hybridized carbons (Fsp3) is 0.250. The van der Waals surface area contributed by atoms with Crippen LogP contribution in [0.5, 0.6) is 0 Å². The first kappa shape index (κ1) is 8.78. The monoisotopic (exact) mass is 162 g/mol. The first-order valence-corrected chi connectivity index (χ1v) is 3.76. The third-order valence-corrected chi connectivity index (χ3v) is 1.61. The molecule has 0 bridgehead atoms. The molecule has 0 aliphatic rings. The first-order chi connectivity index (χ1) is 5.75. The van der Waals surface area contributed by atoms with Crippen molar-refractivity contribution in [2.75, 3.05) is 0 Å². The van der Waals surface area contributed by atoms with Gasteiger partial charge in [0.15, 0.2) is 0 Å². The molecule has 1 radical (unpaired) electrons. The normalized spacial score (nSPS) is 9.42. The number of hydrogen-bond acceptors (Lipinski definition) is 2. The molecule has 0 amide bonds. The van der Waals surface area contributed by atoms with E-state index in [1.807, 2.05) is 20.2 Å². The summed E-state index contributed by atoms with van der Waals surface area (Å²) in [6, 6.07) is 6.79. The van der Waals surface area contributed by atoms with Crippen molar-refractivity contribution in [2.24, 2.45) is 0 Å². The average molecular weight is 162 g/mol. The highest BCUT2D eigenvalue weighted by molar-refractivity contribution is 6.33. The van der Waals surface area contributed by atoms with Crippen LogP contribution in [-0.2, 0) is 6.32 Å². The minimum atomic E-state index is -0.348. The van der Waals surface area contributed by atoms with Crippen LogP contribution in [0, 0.1) is 10.1 Å². The van der Waals surface area contributed by atoms with E-state index in [1.54, 1.807) is 12.1 Å². The second kappa shape index (κ2) is 3.90. The lowest BCUT2D eigenvalue weighted by atomic mass is 9.75. The van der Waals surface area contributed by atoms with Crippen LogP contribution in [0.4, 0.5) is 5.69 Å². The Labute approximate surface area is 71.8 Å². The molecule has 1 aromatic rings. The Hall–Kier alpha value is -1.32. The minimum Gasteiger partial charge on any atom is -0.258 e. The Morgan fingerprint density at radius 1 is 1.50 bits per heavy atom. The second-order valence-corrected chi connectivity index (χ2v) is 2.50. The molecule has 0 saturated heterocycles. The second-order valence-electron chi connectivity index (χ2n) is 2.50. The Bertz CT molecular complexity index is 288. The van der Waals surface area contributed by atoms with Crippen molar-refractivity contribution in [1.82, 2.24) is 0 Å². The van der Waals surface area contributed by atoms with E-state index in [-0.39, 0.29) is 10.6 Å². The SMILES string of the molecule is C[B]Cc1ccccc1[N+](=O)[O-]. The molecule has 12 heavy (non-hydrogen) atoms. The molecule has 0 fully saturated rings. The maximum absolute atomic E-state index is 10.5. The van der Waals surface area contributed by atoms with Crippen molar-refractivity contribution < 1.29 is 4.92 Å². The summed E-state index contributed by atoms with van der Waals surface area (Å²) in [5.41, 5.74) is 0.973. The van der Waals surface area contributed by atoms with Gasteiger partial charge in [-0.2, -0.15) is 0 Å². The Kier molecular flexibility index (Phi) is 2.85. The maximum Gasteiger partial charge on any atom is 0.271 e. The predicted octanol–water partition coefficient (Wildman–Crippen LogP) is 1.85. The van der Waals surface area contributed by atoms with Crippen molar-refractivity contribution in [3.63, 3.8) is 0 Å². The fourth-order valence-electron chi connectivity index (χ4n) is 1.08. The lowest BCUT2D eigenvalue weighted by molar-refractivity contribution is -0.385. The molecular formula is C8H9BNO2. The Balaban J connectivity index is 3.00. The summed E-state index contributed by atoms with van der Waals surface area (Å²) in [4.78, 5) is 10.1. The summed E-state index contributed by atoms with van der Waals surface area (Å²) in [5.74, 6) is 0. The van der Waals surface area contributed by atoms with E-state index >= 15 is 0 Å². The van der Waals surface area contributed by atoms with Crippen molar-refractivity contribution in [3.05, 3.63) is 39.9 Å². The average Bonchev–Trinajstić information content (AvgIpc) is 2.05. The molecule has 0 aromatic heterocycles. The van der Waals surface area contributed by atoms with E-state index in [2.05, 4.69) is 0 Å². The van der Waals surface area contributed by atoms with Crippen LogP contribution in [0.2, 0.25) is 6.82 Å². The topological polar surface area (TPSA) is 43.1 Å². The Morgan fingerprint density at radius 3 is 2.75 bits per heavy atom. The zero-order valence-corrected chi connectivity index (χ0v) is 6.86. The van der Waals surface area contributed by atoms with E-state index in [0.717, 1.165) is 5.56 Å². The van der Waals surface area contributed by atoms with Crippen LogP contribution < -0.4 is 0 Å². The van der Waals surface area contributed by atoms with Gasteiger partial charge in [0.1, 0.15) is 7.28 Å². The number of para-hydroxylation sites is 1. The van der Waals surface area contributed by atoms with Crippen molar-refractivity contribution >= 4 is 13.0 Å². The number of nitro benzene ring substituents is 1. The van der Waals surface area contributed by atoms with Gasteiger partial charge < -0.3 is 0 Å². The maximum atomic E-state index is 10.5. The number of rotatable bonds is 3. The van der Waals surface area contributed by atoms with Gasteiger partial charge in [-0.15, -0.1) is 0 Å². The largest absolute Gasteiger partial charge is 0.271 e. The first-order valence-electron chi connectivity index (χ1n) is 3.76. The highest BCUT2D eigenvalue weighted by Gasteiger charge is 2.10. The van der Waals surface area contributed by atoms with Gasteiger partial charge in [-0.05, 0) is 6.32 Å². The van der Waals surface area contributed by atoms with Crippen LogP contribution in [0.3, 0.4) is 0 Å². The smallest absolute Gasteiger partial charge is 0.258 e. The van der Waals surface area contributed by atoms with Gasteiger partial charge in [0.05, 0.1) is 4.92 Å². The standard InChI is InChI=1S/C8H9BNO2/c1-9-6-7-4-2-3-5-8(7)10(11)12/h2-5H,6H2,1H3. The van der Waals surface area contributed by atoms with Crippen molar-refractivity contribution in [3.8, 4) is 0 Å². The molecule has 1 rings (SSSR count). The van der Waals surface area contributed by atoms with Crippen LogP contribution >= 0.6 is 0 Å². The van der Waals surface area contributed by atoms with E-state index in [0.29, 0.717) is 6.32 Å². The van der Waals surface area contributed by atoms with E-state index in [9.17, 15) is 10.1 Å².